The molecule has 168 valence electrons. The average Bonchev–Trinajstić information content (AvgIpc) is 3.15. The zero-order chi connectivity index (χ0) is 20.1. The van der Waals surface area contributed by atoms with Crippen molar-refractivity contribution < 1.29 is 9.53 Å². The summed E-state index contributed by atoms with van der Waals surface area (Å²) in [5.41, 5.74) is 9.11. The Balaban J connectivity index is 0.00000171. The maximum Gasteiger partial charge on any atom is 0.226 e. The molecule has 1 fully saturated rings. The molecule has 4 rings (SSSR count). The summed E-state index contributed by atoms with van der Waals surface area (Å²) < 4.78 is 7.68. The third-order valence-corrected chi connectivity index (χ3v) is 5.45. The molecule has 1 atom stereocenters. The molecule has 1 saturated heterocycles. The van der Waals surface area contributed by atoms with Gasteiger partial charge in [-0.1, -0.05) is 30.3 Å². The molecule has 1 unspecified atom stereocenters. The highest BCUT2D eigenvalue weighted by Crippen LogP contribution is 2.22. The van der Waals surface area contributed by atoms with Gasteiger partial charge in [-0.15, -0.1) is 24.8 Å². The van der Waals surface area contributed by atoms with E-state index < -0.39 is 0 Å². The van der Waals surface area contributed by atoms with Crippen molar-refractivity contribution in [3.63, 3.8) is 0 Å². The number of nitrogens with one attached hydrogen (secondary N) is 1. The molecule has 31 heavy (non-hydrogen) atoms. The Labute approximate surface area is 195 Å². The number of carbonyl (C=O) groups is 1. The van der Waals surface area contributed by atoms with E-state index in [1.54, 1.807) is 0 Å². The number of rotatable bonds is 7. The zero-order valence-corrected chi connectivity index (χ0v) is 19.0. The summed E-state index contributed by atoms with van der Waals surface area (Å²) in [6.07, 6.45) is 2.37. The van der Waals surface area contributed by atoms with Crippen LogP contribution in [0.3, 0.4) is 0 Å². The number of halogens is 2. The molecule has 3 N–H and O–H groups in total. The fourth-order valence-electron chi connectivity index (χ4n) is 3.78. The number of anilines is 1. The van der Waals surface area contributed by atoms with Crippen LogP contribution in [0.4, 0.5) is 5.69 Å². The summed E-state index contributed by atoms with van der Waals surface area (Å²) in [7, 11) is 0. The molecule has 2 aromatic carbocycles. The lowest BCUT2D eigenvalue weighted by Gasteiger charge is -2.26. The highest BCUT2D eigenvalue weighted by atomic mass is 35.5. The maximum absolute atomic E-state index is 12.4. The molecule has 0 saturated carbocycles. The standard InChI is InChI=1S/C23H28N4O2.2ClH/c24-21(18-4-2-1-3-5-18)17-23(28)25-20-6-7-22-19(16-20)8-9-27(22)11-10-26-12-14-29-15-13-26;;/h1-9,16,21H,10-15,17,24H2,(H,25,28);2*1H. The van der Waals surface area contributed by atoms with Crippen molar-refractivity contribution in [1.29, 1.82) is 0 Å². The first-order valence-corrected chi connectivity index (χ1v) is 10.2. The second-order valence-corrected chi connectivity index (χ2v) is 7.51. The lowest BCUT2D eigenvalue weighted by atomic mass is 10.0. The van der Waals surface area contributed by atoms with Crippen LogP contribution in [0.5, 0.6) is 0 Å². The van der Waals surface area contributed by atoms with E-state index in [9.17, 15) is 4.79 Å². The van der Waals surface area contributed by atoms with E-state index in [4.69, 9.17) is 10.5 Å². The predicted molar refractivity (Wildman–Crippen MR) is 130 cm³/mol. The van der Waals surface area contributed by atoms with Gasteiger partial charge in [0.05, 0.1) is 13.2 Å². The number of amides is 1. The highest BCUT2D eigenvalue weighted by Gasteiger charge is 2.13. The zero-order valence-electron chi connectivity index (χ0n) is 17.4. The normalized spacial score (nSPS) is 15.0. The number of fused-ring (bicyclic) bond motifs is 1. The van der Waals surface area contributed by atoms with Crippen LogP contribution in [0.25, 0.3) is 10.9 Å². The largest absolute Gasteiger partial charge is 0.379 e. The van der Waals surface area contributed by atoms with E-state index in [0.717, 1.165) is 56.0 Å². The van der Waals surface area contributed by atoms with Gasteiger partial charge in [0.1, 0.15) is 0 Å². The molecule has 2 heterocycles. The molecule has 0 bridgehead atoms. The molecule has 1 aliphatic rings. The van der Waals surface area contributed by atoms with Crippen LogP contribution in [0.1, 0.15) is 18.0 Å². The monoisotopic (exact) mass is 464 g/mol. The van der Waals surface area contributed by atoms with E-state index in [1.165, 1.54) is 5.52 Å². The molecular formula is C23H30Cl2N4O2. The van der Waals surface area contributed by atoms with Crippen LogP contribution in [-0.4, -0.2) is 48.2 Å². The minimum Gasteiger partial charge on any atom is -0.379 e. The van der Waals surface area contributed by atoms with E-state index in [-0.39, 0.29) is 43.2 Å². The predicted octanol–water partition coefficient (Wildman–Crippen LogP) is 3.85. The Morgan fingerprint density at radius 3 is 2.52 bits per heavy atom. The summed E-state index contributed by atoms with van der Waals surface area (Å²) in [5.74, 6) is -0.0764. The number of hydrogen-bond acceptors (Lipinski definition) is 4. The quantitative estimate of drug-likeness (QED) is 0.556. The van der Waals surface area contributed by atoms with Crippen molar-refractivity contribution >= 4 is 47.3 Å². The summed E-state index contributed by atoms with van der Waals surface area (Å²) in [5, 5.41) is 4.10. The van der Waals surface area contributed by atoms with Crippen LogP contribution >= 0.6 is 24.8 Å². The first-order chi connectivity index (χ1) is 14.2. The highest BCUT2D eigenvalue weighted by molar-refractivity contribution is 5.94. The lowest BCUT2D eigenvalue weighted by Crippen LogP contribution is -2.38. The van der Waals surface area contributed by atoms with E-state index >= 15 is 0 Å². The topological polar surface area (TPSA) is 72.5 Å². The third kappa shape index (κ3) is 6.69. The molecular weight excluding hydrogens is 435 g/mol. The number of nitrogens with two attached hydrogens (primary N) is 1. The van der Waals surface area contributed by atoms with Crippen LogP contribution in [0.15, 0.2) is 60.8 Å². The van der Waals surface area contributed by atoms with E-state index in [2.05, 4.69) is 33.1 Å². The fourth-order valence-corrected chi connectivity index (χ4v) is 3.78. The van der Waals surface area contributed by atoms with Crippen molar-refractivity contribution in [2.24, 2.45) is 5.73 Å². The van der Waals surface area contributed by atoms with Gasteiger partial charge in [0.15, 0.2) is 0 Å². The van der Waals surface area contributed by atoms with Gasteiger partial charge in [0, 0.05) is 61.4 Å². The van der Waals surface area contributed by atoms with E-state index in [0.29, 0.717) is 0 Å². The molecule has 1 amide bonds. The van der Waals surface area contributed by atoms with Gasteiger partial charge < -0.3 is 20.4 Å². The average molecular weight is 465 g/mol. The van der Waals surface area contributed by atoms with Crippen LogP contribution in [0, 0.1) is 0 Å². The Morgan fingerprint density at radius 2 is 1.77 bits per heavy atom. The first kappa shape index (κ1) is 25.2. The minimum absolute atomic E-state index is 0. The molecule has 0 spiro atoms. The fraction of sp³-hybridized carbons (Fsp3) is 0.348. The smallest absolute Gasteiger partial charge is 0.226 e. The molecule has 0 aliphatic carbocycles. The van der Waals surface area contributed by atoms with Gasteiger partial charge in [-0.2, -0.15) is 0 Å². The molecule has 6 nitrogen and oxygen atoms in total. The second-order valence-electron chi connectivity index (χ2n) is 7.51. The number of aromatic nitrogens is 1. The Kier molecular flexibility index (Phi) is 9.81. The molecule has 1 aliphatic heterocycles. The molecule has 0 radical (unpaired) electrons. The number of hydrogen-bond donors (Lipinski definition) is 2. The number of morpholine rings is 1. The van der Waals surface area contributed by atoms with Crippen LogP contribution < -0.4 is 11.1 Å². The van der Waals surface area contributed by atoms with Gasteiger partial charge in [0.2, 0.25) is 5.91 Å². The minimum atomic E-state index is -0.304. The van der Waals surface area contributed by atoms with Gasteiger partial charge >= 0.3 is 0 Å². The second kappa shape index (κ2) is 12.1. The Bertz CT molecular complexity index is 959. The third-order valence-electron chi connectivity index (χ3n) is 5.45. The van der Waals surface area contributed by atoms with Crippen LogP contribution in [0.2, 0.25) is 0 Å². The number of ether oxygens (including phenoxy) is 1. The van der Waals surface area contributed by atoms with Crippen molar-refractivity contribution in [3.8, 4) is 0 Å². The maximum atomic E-state index is 12.4. The van der Waals surface area contributed by atoms with Gasteiger partial charge in [-0.3, -0.25) is 9.69 Å². The van der Waals surface area contributed by atoms with Crippen LogP contribution in [-0.2, 0) is 16.1 Å². The summed E-state index contributed by atoms with van der Waals surface area (Å²) in [6.45, 7) is 5.61. The van der Waals surface area contributed by atoms with Gasteiger partial charge in [-0.05, 0) is 29.8 Å². The Morgan fingerprint density at radius 1 is 1.03 bits per heavy atom. The summed E-state index contributed by atoms with van der Waals surface area (Å²) in [4.78, 5) is 14.8. The number of benzene rings is 2. The van der Waals surface area contributed by atoms with Crippen molar-refractivity contribution in [1.82, 2.24) is 9.47 Å². The SMILES string of the molecule is Cl.Cl.NC(CC(=O)Nc1ccc2c(ccn2CCN2CCOCC2)c1)c1ccccc1. The number of nitrogens with zero attached hydrogens (tertiary/aromatic N) is 2. The van der Waals surface area contributed by atoms with Crippen molar-refractivity contribution in [3.05, 3.63) is 66.4 Å². The molecule has 8 heteroatoms. The van der Waals surface area contributed by atoms with Gasteiger partial charge in [-0.25, -0.2) is 0 Å². The van der Waals surface area contributed by atoms with Crippen molar-refractivity contribution in [2.45, 2.75) is 19.0 Å². The first-order valence-electron chi connectivity index (χ1n) is 10.2. The lowest BCUT2D eigenvalue weighted by molar-refractivity contribution is -0.116. The Hall–Kier alpha value is -2.09. The molecule has 3 aromatic rings. The molecule has 1 aromatic heterocycles. The van der Waals surface area contributed by atoms with Gasteiger partial charge in [0.25, 0.3) is 0 Å². The summed E-state index contributed by atoms with van der Waals surface area (Å²) >= 11 is 0. The number of carbonyl (C=O) groups excluding carboxylic acids is 1. The van der Waals surface area contributed by atoms with Crippen molar-refractivity contribution in [2.75, 3.05) is 38.2 Å². The summed E-state index contributed by atoms with van der Waals surface area (Å²) in [6, 6.07) is 17.6. The van der Waals surface area contributed by atoms with E-state index in [1.807, 2.05) is 42.5 Å².